The highest BCUT2D eigenvalue weighted by atomic mass is 16.6. The Morgan fingerprint density at radius 3 is 2.74 bits per heavy atom. The predicted molar refractivity (Wildman–Crippen MR) is 78.0 cm³/mol. The van der Waals surface area contributed by atoms with Crippen molar-refractivity contribution in [2.45, 2.75) is 33.3 Å². The molecule has 0 bridgehead atoms. The number of allylic oxidation sites excluding steroid dienone is 1. The molecule has 1 heterocycles. The van der Waals surface area contributed by atoms with E-state index in [1.54, 1.807) is 33.0 Å². The quantitative estimate of drug-likeness (QED) is 0.842. The molecule has 1 N–H and O–H groups in total. The molecule has 0 spiro atoms. The molecule has 19 heavy (non-hydrogen) atoms. The summed E-state index contributed by atoms with van der Waals surface area (Å²) in [6, 6.07) is 1.69. The maximum absolute atomic E-state index is 11.6. The van der Waals surface area contributed by atoms with Crippen molar-refractivity contribution in [1.82, 2.24) is 4.98 Å². The average Bonchev–Trinajstić information content (AvgIpc) is 2.28. The van der Waals surface area contributed by atoms with Gasteiger partial charge in [0, 0.05) is 0 Å². The summed E-state index contributed by atoms with van der Waals surface area (Å²) < 4.78 is 5.15. The molecule has 1 aromatic heterocycles. The highest BCUT2D eigenvalue weighted by molar-refractivity contribution is 5.85. The summed E-state index contributed by atoms with van der Waals surface area (Å²) in [7, 11) is 0. The van der Waals surface area contributed by atoms with Crippen LogP contribution in [0, 0.1) is 0 Å². The fraction of sp³-hybridized carbons (Fsp3) is 0.357. The normalized spacial score (nSPS) is 11.4. The van der Waals surface area contributed by atoms with Gasteiger partial charge < -0.3 is 4.74 Å². The van der Waals surface area contributed by atoms with Gasteiger partial charge in [0.1, 0.15) is 5.60 Å². The monoisotopic (exact) mass is 261 g/mol. The molecule has 1 rings (SSSR count). The third-order valence-electron chi connectivity index (χ3n) is 2.04. The molecular formula is C14H19N3O2. The fourth-order valence-corrected chi connectivity index (χ4v) is 1.37. The van der Waals surface area contributed by atoms with Gasteiger partial charge in [0.15, 0.2) is 0 Å². The Labute approximate surface area is 113 Å². The summed E-state index contributed by atoms with van der Waals surface area (Å²) in [5.41, 5.74) is 1.28. The van der Waals surface area contributed by atoms with Crippen molar-refractivity contribution in [3.63, 3.8) is 0 Å². The number of carbonyl (C=O) groups excluding carboxylic acids is 1. The van der Waals surface area contributed by atoms with E-state index in [1.165, 1.54) is 0 Å². The molecule has 102 valence electrons. The van der Waals surface area contributed by atoms with E-state index in [-0.39, 0.29) is 0 Å². The summed E-state index contributed by atoms with van der Waals surface area (Å²) in [6.45, 7) is 10.8. The van der Waals surface area contributed by atoms with Crippen LogP contribution in [0.2, 0.25) is 0 Å². The second-order valence-electron chi connectivity index (χ2n) is 4.91. The number of amides is 1. The number of hydrogen-bond donors (Lipinski definition) is 1. The van der Waals surface area contributed by atoms with Crippen molar-refractivity contribution in [1.29, 1.82) is 0 Å². The maximum atomic E-state index is 11.6. The number of nitrogens with zero attached hydrogens (tertiary/aromatic N) is 2. The number of carbonyl (C=O) groups is 1. The Bertz CT molecular complexity index is 502. The Kier molecular flexibility index (Phi) is 4.80. The van der Waals surface area contributed by atoms with Gasteiger partial charge in [0.2, 0.25) is 0 Å². The number of aliphatic imine (C=N–C) groups is 1. The van der Waals surface area contributed by atoms with Crippen molar-refractivity contribution < 1.29 is 9.53 Å². The first-order valence-electron chi connectivity index (χ1n) is 5.95. The lowest BCUT2D eigenvalue weighted by Crippen LogP contribution is -2.27. The van der Waals surface area contributed by atoms with Gasteiger partial charge in [-0.25, -0.2) is 4.79 Å². The smallest absolute Gasteiger partial charge is 0.412 e. The summed E-state index contributed by atoms with van der Waals surface area (Å²) in [5.74, 6) is 0. The zero-order valence-electron chi connectivity index (χ0n) is 11.7. The highest BCUT2D eigenvalue weighted by Gasteiger charge is 2.16. The number of rotatable bonds is 3. The number of nitrogens with one attached hydrogen (secondary N) is 1. The van der Waals surface area contributed by atoms with Gasteiger partial charge in [-0.3, -0.25) is 15.3 Å². The number of hydrogen-bond acceptors (Lipinski definition) is 4. The fourth-order valence-electron chi connectivity index (χ4n) is 1.37. The Hall–Kier alpha value is -2.17. The van der Waals surface area contributed by atoms with Gasteiger partial charge in [-0.15, -0.1) is 0 Å². The van der Waals surface area contributed by atoms with Gasteiger partial charge >= 0.3 is 6.09 Å². The minimum absolute atomic E-state index is 0.518. The maximum Gasteiger partial charge on any atom is 0.412 e. The second kappa shape index (κ2) is 6.13. The summed E-state index contributed by atoms with van der Waals surface area (Å²) in [4.78, 5) is 19.7. The molecule has 0 aliphatic carbocycles. The standard InChI is InChI=1S/C14H19N3O2/c1-6-7-11-12(15-5)8-10(9-16-11)17-13(18)19-14(2,3)4/h6-9H,5H2,1-4H3,(H,17,18)/b7-6-. The van der Waals surface area contributed by atoms with E-state index >= 15 is 0 Å². The number of ether oxygens (including phenoxy) is 1. The zero-order chi connectivity index (χ0) is 14.5. The molecule has 0 radical (unpaired) electrons. The van der Waals surface area contributed by atoms with Crippen LogP contribution in [0.25, 0.3) is 6.08 Å². The molecule has 0 aromatic carbocycles. The van der Waals surface area contributed by atoms with E-state index in [2.05, 4.69) is 22.0 Å². The minimum Gasteiger partial charge on any atom is -0.444 e. The van der Waals surface area contributed by atoms with Gasteiger partial charge in [-0.05, 0) is 46.6 Å². The molecule has 0 atom stereocenters. The van der Waals surface area contributed by atoms with Gasteiger partial charge in [-0.1, -0.05) is 6.08 Å². The summed E-state index contributed by atoms with van der Waals surface area (Å²) in [5, 5.41) is 2.61. The molecular weight excluding hydrogens is 242 g/mol. The first-order chi connectivity index (χ1) is 8.85. The molecule has 0 fully saturated rings. The van der Waals surface area contributed by atoms with Crippen LogP contribution in [0.4, 0.5) is 16.2 Å². The first-order valence-corrected chi connectivity index (χ1v) is 5.95. The molecule has 0 aliphatic heterocycles. The van der Waals surface area contributed by atoms with Crippen molar-refractivity contribution in [2.75, 3.05) is 5.32 Å². The predicted octanol–water partition coefficient (Wildman–Crippen LogP) is 3.79. The van der Waals surface area contributed by atoms with E-state index in [1.807, 2.05) is 19.1 Å². The molecule has 1 aromatic rings. The van der Waals surface area contributed by atoms with Gasteiger partial charge in [-0.2, -0.15) is 0 Å². The molecule has 1 amide bonds. The lowest BCUT2D eigenvalue weighted by atomic mass is 10.2. The lowest BCUT2D eigenvalue weighted by molar-refractivity contribution is 0.0636. The van der Waals surface area contributed by atoms with Crippen LogP contribution < -0.4 is 5.32 Å². The van der Waals surface area contributed by atoms with Gasteiger partial charge in [0.05, 0.1) is 23.3 Å². The van der Waals surface area contributed by atoms with Crippen LogP contribution >= 0.6 is 0 Å². The number of aromatic nitrogens is 1. The zero-order valence-corrected chi connectivity index (χ0v) is 11.7. The summed E-state index contributed by atoms with van der Waals surface area (Å²) in [6.07, 6.45) is 4.70. The Morgan fingerprint density at radius 2 is 2.21 bits per heavy atom. The van der Waals surface area contributed by atoms with Crippen molar-refractivity contribution in [3.05, 3.63) is 24.0 Å². The van der Waals surface area contributed by atoms with Crippen LogP contribution in [0.5, 0.6) is 0 Å². The molecule has 5 heteroatoms. The lowest BCUT2D eigenvalue weighted by Gasteiger charge is -2.19. The van der Waals surface area contributed by atoms with E-state index in [9.17, 15) is 4.79 Å². The van der Waals surface area contributed by atoms with Crippen molar-refractivity contribution in [2.24, 2.45) is 4.99 Å². The van der Waals surface area contributed by atoms with Gasteiger partial charge in [0.25, 0.3) is 0 Å². The number of anilines is 1. The summed E-state index contributed by atoms with van der Waals surface area (Å²) >= 11 is 0. The van der Waals surface area contributed by atoms with E-state index in [0.717, 1.165) is 0 Å². The topological polar surface area (TPSA) is 63.6 Å². The van der Waals surface area contributed by atoms with Crippen LogP contribution in [-0.2, 0) is 4.74 Å². The van der Waals surface area contributed by atoms with E-state index in [0.29, 0.717) is 17.1 Å². The molecule has 0 unspecified atom stereocenters. The second-order valence-corrected chi connectivity index (χ2v) is 4.91. The van der Waals surface area contributed by atoms with E-state index < -0.39 is 11.7 Å². The van der Waals surface area contributed by atoms with E-state index in [4.69, 9.17) is 4.74 Å². The third kappa shape index (κ3) is 4.91. The third-order valence-corrected chi connectivity index (χ3v) is 2.04. The Morgan fingerprint density at radius 1 is 1.53 bits per heavy atom. The molecule has 0 saturated carbocycles. The largest absolute Gasteiger partial charge is 0.444 e. The minimum atomic E-state index is -0.540. The van der Waals surface area contributed by atoms with Crippen molar-refractivity contribution >= 4 is 30.3 Å². The molecule has 0 aliphatic rings. The highest BCUT2D eigenvalue weighted by Crippen LogP contribution is 2.22. The van der Waals surface area contributed by atoms with Crippen molar-refractivity contribution in [3.8, 4) is 0 Å². The Balaban J connectivity index is 2.86. The number of pyridine rings is 1. The van der Waals surface area contributed by atoms with Crippen LogP contribution in [0.1, 0.15) is 33.4 Å². The first kappa shape index (κ1) is 14.9. The molecule has 5 nitrogen and oxygen atoms in total. The van der Waals surface area contributed by atoms with Crippen LogP contribution in [0.15, 0.2) is 23.3 Å². The average molecular weight is 261 g/mol. The molecule has 0 saturated heterocycles. The SMILES string of the molecule is C=Nc1cc(NC(=O)OC(C)(C)C)cnc1/C=C\C. The van der Waals surface area contributed by atoms with Crippen LogP contribution in [0.3, 0.4) is 0 Å². The van der Waals surface area contributed by atoms with Crippen LogP contribution in [-0.4, -0.2) is 23.4 Å².